The van der Waals surface area contributed by atoms with E-state index in [0.717, 1.165) is 6.42 Å². The minimum atomic E-state index is -2.54. The Morgan fingerprint density at radius 3 is 1.33 bits per heavy atom. The summed E-state index contributed by atoms with van der Waals surface area (Å²) in [5.41, 5.74) is 2.85. The third-order valence-corrected chi connectivity index (χ3v) is 9.90. The molecule has 0 aromatic rings. The predicted molar refractivity (Wildman–Crippen MR) is 98.8 cm³/mol. The van der Waals surface area contributed by atoms with Gasteiger partial charge in [0.05, 0.1) is 3.04 Å². The fourth-order valence-corrected chi connectivity index (χ4v) is 6.15. The number of alkyl halides is 1. The Balaban J connectivity index is 0.000000294. The lowest BCUT2D eigenvalue weighted by molar-refractivity contribution is 0.0611. The average Bonchev–Trinajstić information content (AvgIpc) is 2.44. The maximum absolute atomic E-state index is 5.85. The molecular weight excluding hydrogens is 395 g/mol. The summed E-state index contributed by atoms with van der Waals surface area (Å²) in [6.07, 6.45) is 0.986. The van der Waals surface area contributed by atoms with Gasteiger partial charge in [-0.25, -0.2) is 0 Å². The molecule has 0 aromatic carbocycles. The van der Waals surface area contributed by atoms with Crippen molar-refractivity contribution >= 4 is 31.4 Å². The minimum absolute atomic E-state index is 0.0488. The Kier molecular flexibility index (Phi) is 7.84. The lowest BCUT2D eigenvalue weighted by Crippen LogP contribution is -2.60. The second kappa shape index (κ2) is 8.62. The van der Waals surface area contributed by atoms with Gasteiger partial charge in [-0.3, -0.25) is 0 Å². The topological polar surface area (TPSA) is 27.7 Å². The summed E-state index contributed by atoms with van der Waals surface area (Å²) >= 11 is 2.41. The van der Waals surface area contributed by atoms with E-state index in [4.69, 9.17) is 13.3 Å². The average molecular weight is 422 g/mol. The van der Waals surface area contributed by atoms with Crippen LogP contribution >= 0.6 is 22.6 Å². The smallest absolute Gasteiger partial charge is 0.373 e. The molecule has 0 heterocycles. The Hall–Kier alpha value is 0.0469. The van der Waals surface area contributed by atoms with Crippen LogP contribution in [0.3, 0.4) is 0 Å². The molecule has 0 radical (unpaired) electrons. The highest BCUT2D eigenvalue weighted by molar-refractivity contribution is 14.1. The van der Waals surface area contributed by atoms with Crippen molar-refractivity contribution in [2.75, 3.05) is 19.8 Å². The first-order valence-electron chi connectivity index (χ1n) is 7.67. The monoisotopic (exact) mass is 422 g/mol. The second-order valence-electron chi connectivity index (χ2n) is 4.98. The van der Waals surface area contributed by atoms with Crippen LogP contribution in [0, 0.1) is 0 Å². The Morgan fingerprint density at radius 2 is 1.19 bits per heavy atom. The standard InChI is InChI=1S/C10H23IO3Si.C6H4/c1-6-10(5,11)15(12-7-2,13-8-3)14-9-4;1-2-6-4-3-5(1)6/h6-9H2,1-5H3;1-4H. The summed E-state index contributed by atoms with van der Waals surface area (Å²) in [5.74, 6) is 0. The SMILES string of the molecule is CCO[Si](OCC)(OCC)C(C)(I)CC.c1cc2ccc1-2. The lowest BCUT2D eigenvalue weighted by Gasteiger charge is -2.38. The van der Waals surface area contributed by atoms with Gasteiger partial charge >= 0.3 is 8.80 Å². The highest BCUT2D eigenvalue weighted by Crippen LogP contribution is 2.36. The van der Waals surface area contributed by atoms with Crippen LogP contribution in [-0.2, 0) is 13.3 Å². The molecule has 1 atom stereocenters. The third kappa shape index (κ3) is 4.51. The van der Waals surface area contributed by atoms with Crippen LogP contribution in [0.2, 0.25) is 0 Å². The molecule has 0 aliphatic heterocycles. The molecular formula is C16H27IO3Si. The second-order valence-corrected chi connectivity index (χ2v) is 11.5. The van der Waals surface area contributed by atoms with Crippen LogP contribution in [0.4, 0.5) is 0 Å². The van der Waals surface area contributed by atoms with Crippen LogP contribution in [-0.4, -0.2) is 31.7 Å². The summed E-state index contributed by atoms with van der Waals surface area (Å²) in [5, 5.41) is 0. The van der Waals surface area contributed by atoms with Crippen LogP contribution in [0.25, 0.3) is 11.1 Å². The number of rotatable bonds is 8. The highest BCUT2D eigenvalue weighted by atomic mass is 127. The molecule has 0 amide bonds. The van der Waals surface area contributed by atoms with E-state index in [2.05, 4.69) is 60.7 Å². The molecule has 2 aliphatic carbocycles. The fourth-order valence-electron chi connectivity index (χ4n) is 2.03. The van der Waals surface area contributed by atoms with Gasteiger partial charge in [-0.2, -0.15) is 0 Å². The number of benzene rings is 1. The molecule has 0 N–H and O–H groups in total. The normalized spacial score (nSPS) is 15.0. The van der Waals surface area contributed by atoms with Crippen molar-refractivity contribution in [2.45, 2.75) is 44.1 Å². The summed E-state index contributed by atoms with van der Waals surface area (Å²) in [6, 6.07) is 8.48. The van der Waals surface area contributed by atoms with Gasteiger partial charge in [0.15, 0.2) is 0 Å². The van der Waals surface area contributed by atoms with Gasteiger partial charge in [-0.1, -0.05) is 53.8 Å². The molecule has 0 bridgehead atoms. The molecule has 0 fully saturated rings. The van der Waals surface area contributed by atoms with Gasteiger partial charge in [-0.05, 0) is 45.2 Å². The van der Waals surface area contributed by atoms with Crippen LogP contribution in [0.1, 0.15) is 41.0 Å². The molecule has 1 unspecified atom stereocenters. The number of hydrogen-bond donors (Lipinski definition) is 0. The van der Waals surface area contributed by atoms with Crippen LogP contribution < -0.4 is 0 Å². The van der Waals surface area contributed by atoms with E-state index < -0.39 is 8.80 Å². The number of halogens is 1. The molecule has 2 rings (SSSR count). The third-order valence-electron chi connectivity index (χ3n) is 3.52. The van der Waals surface area contributed by atoms with E-state index in [1.54, 1.807) is 0 Å². The summed E-state index contributed by atoms with van der Waals surface area (Å²) in [7, 11) is -2.54. The van der Waals surface area contributed by atoms with Crippen molar-refractivity contribution in [3.8, 4) is 11.1 Å². The van der Waals surface area contributed by atoms with Gasteiger partial charge in [0.1, 0.15) is 0 Å². The Morgan fingerprint density at radius 1 is 0.857 bits per heavy atom. The summed E-state index contributed by atoms with van der Waals surface area (Å²) in [6.45, 7) is 12.2. The van der Waals surface area contributed by atoms with Crippen molar-refractivity contribution < 1.29 is 13.3 Å². The van der Waals surface area contributed by atoms with E-state index in [1.165, 1.54) is 11.1 Å². The van der Waals surface area contributed by atoms with Crippen molar-refractivity contribution in [2.24, 2.45) is 0 Å². The largest absolute Gasteiger partial charge is 0.517 e. The Bertz CT molecular complexity index is 382. The van der Waals surface area contributed by atoms with Gasteiger partial charge in [0.25, 0.3) is 0 Å². The highest BCUT2D eigenvalue weighted by Gasteiger charge is 2.55. The molecule has 0 saturated heterocycles. The molecule has 2 aliphatic rings. The number of fused-ring (bicyclic) bond motifs is 1. The van der Waals surface area contributed by atoms with Crippen molar-refractivity contribution in [3.05, 3.63) is 24.3 Å². The van der Waals surface area contributed by atoms with E-state index >= 15 is 0 Å². The molecule has 0 spiro atoms. The molecule has 0 saturated carbocycles. The maximum Gasteiger partial charge on any atom is 0.517 e. The zero-order chi connectivity index (χ0) is 15.9. The van der Waals surface area contributed by atoms with Crippen molar-refractivity contribution in [3.63, 3.8) is 0 Å². The molecule has 120 valence electrons. The van der Waals surface area contributed by atoms with Gasteiger partial charge < -0.3 is 13.3 Å². The van der Waals surface area contributed by atoms with Gasteiger partial charge in [0.2, 0.25) is 0 Å². The first-order chi connectivity index (χ1) is 9.96. The van der Waals surface area contributed by atoms with Crippen LogP contribution in [0.5, 0.6) is 0 Å². The fraction of sp³-hybridized carbons (Fsp3) is 0.625. The van der Waals surface area contributed by atoms with Gasteiger partial charge in [0, 0.05) is 19.8 Å². The molecule has 3 nitrogen and oxygen atoms in total. The minimum Gasteiger partial charge on any atom is -0.373 e. The van der Waals surface area contributed by atoms with Gasteiger partial charge in [-0.15, -0.1) is 0 Å². The first-order valence-corrected chi connectivity index (χ1v) is 10.5. The van der Waals surface area contributed by atoms with E-state index in [0.29, 0.717) is 19.8 Å². The molecule has 21 heavy (non-hydrogen) atoms. The summed E-state index contributed by atoms with van der Waals surface area (Å²) < 4.78 is 17.5. The zero-order valence-electron chi connectivity index (χ0n) is 13.7. The zero-order valence-corrected chi connectivity index (χ0v) is 16.9. The molecule has 5 heteroatoms. The Labute approximate surface area is 143 Å². The maximum atomic E-state index is 5.85. The first kappa shape index (κ1) is 19.1. The van der Waals surface area contributed by atoms with E-state index in [1.807, 2.05) is 20.8 Å². The van der Waals surface area contributed by atoms with Crippen molar-refractivity contribution in [1.29, 1.82) is 0 Å². The van der Waals surface area contributed by atoms with E-state index in [-0.39, 0.29) is 3.04 Å². The van der Waals surface area contributed by atoms with Crippen molar-refractivity contribution in [1.82, 2.24) is 0 Å². The quantitative estimate of drug-likeness (QED) is 0.346. The van der Waals surface area contributed by atoms with E-state index in [9.17, 15) is 0 Å². The summed E-state index contributed by atoms with van der Waals surface area (Å²) in [4.78, 5) is 0. The lowest BCUT2D eigenvalue weighted by atomic mass is 9.95. The van der Waals surface area contributed by atoms with Crippen LogP contribution in [0.15, 0.2) is 24.3 Å². The predicted octanol–water partition coefficient (Wildman–Crippen LogP) is 4.84. The number of hydrogen-bond acceptors (Lipinski definition) is 3. The molecule has 0 aromatic heterocycles.